The third-order valence-electron chi connectivity index (χ3n) is 5.52. The number of hydrogen-bond donors (Lipinski definition) is 0. The van der Waals surface area contributed by atoms with Crippen molar-refractivity contribution in [2.24, 2.45) is 5.92 Å². The predicted octanol–water partition coefficient (Wildman–Crippen LogP) is 2.12. The van der Waals surface area contributed by atoms with Crippen molar-refractivity contribution in [3.8, 4) is 0 Å². The van der Waals surface area contributed by atoms with Crippen LogP contribution in [0.4, 0.5) is 0 Å². The minimum atomic E-state index is -3.12. The lowest BCUT2D eigenvalue weighted by atomic mass is 10.1. The highest BCUT2D eigenvalue weighted by molar-refractivity contribution is 7.92. The highest BCUT2D eigenvalue weighted by Crippen LogP contribution is 2.24. The highest BCUT2D eigenvalue weighted by atomic mass is 32.2. The van der Waals surface area contributed by atoms with E-state index in [9.17, 15) is 22.8 Å². The molecule has 0 radical (unpaired) electrons. The molecule has 3 rings (SSSR count). The van der Waals surface area contributed by atoms with Crippen LogP contribution in [0.1, 0.15) is 60.2 Å². The summed E-state index contributed by atoms with van der Waals surface area (Å²) in [4.78, 5) is 40.1. The normalized spacial score (nSPS) is 17.9. The monoisotopic (exact) mass is 420 g/mol. The van der Waals surface area contributed by atoms with E-state index in [0.29, 0.717) is 43.5 Å². The van der Waals surface area contributed by atoms with Gasteiger partial charge in [0.25, 0.3) is 11.8 Å². The van der Waals surface area contributed by atoms with Crippen molar-refractivity contribution in [1.29, 1.82) is 0 Å². The molecule has 158 valence electrons. The van der Waals surface area contributed by atoms with Crippen LogP contribution >= 0.6 is 0 Å². The van der Waals surface area contributed by atoms with Gasteiger partial charge in [0.1, 0.15) is 0 Å². The van der Waals surface area contributed by atoms with Gasteiger partial charge in [-0.05, 0) is 37.3 Å². The van der Waals surface area contributed by atoms with Crippen LogP contribution in [-0.2, 0) is 14.6 Å². The van der Waals surface area contributed by atoms with Crippen molar-refractivity contribution >= 4 is 27.6 Å². The first-order valence-corrected chi connectivity index (χ1v) is 11.9. The van der Waals surface area contributed by atoms with Crippen LogP contribution in [0.15, 0.2) is 24.3 Å². The molecule has 8 heteroatoms. The summed E-state index contributed by atoms with van der Waals surface area (Å²) in [6.07, 6.45) is 1.57. The molecule has 0 aromatic heterocycles. The summed E-state index contributed by atoms with van der Waals surface area (Å²) >= 11 is 0. The average Bonchev–Trinajstić information content (AvgIpc) is 2.92. The number of likely N-dealkylation sites (tertiary alicyclic amines) is 1. The van der Waals surface area contributed by atoms with Gasteiger partial charge in [-0.15, -0.1) is 0 Å². The molecule has 0 N–H and O–H groups in total. The summed E-state index contributed by atoms with van der Waals surface area (Å²) in [6, 6.07) is 6.72. The molecular weight excluding hydrogens is 392 g/mol. The minimum Gasteiger partial charge on any atom is -0.343 e. The summed E-state index contributed by atoms with van der Waals surface area (Å²) in [5, 5.41) is -0.368. The Balaban J connectivity index is 1.46. The largest absolute Gasteiger partial charge is 0.343 e. The highest BCUT2D eigenvalue weighted by Gasteiger charge is 2.35. The lowest BCUT2D eigenvalue weighted by Crippen LogP contribution is -2.43. The van der Waals surface area contributed by atoms with Gasteiger partial charge in [0.15, 0.2) is 9.84 Å². The van der Waals surface area contributed by atoms with Crippen molar-refractivity contribution in [1.82, 2.24) is 9.80 Å². The van der Waals surface area contributed by atoms with Crippen LogP contribution in [0.25, 0.3) is 0 Å². The molecule has 2 heterocycles. The van der Waals surface area contributed by atoms with E-state index in [0.717, 1.165) is 0 Å². The average molecular weight is 421 g/mol. The zero-order valence-electron chi connectivity index (χ0n) is 17.0. The Labute approximate surface area is 172 Å². The fourth-order valence-corrected chi connectivity index (χ4v) is 6.18. The molecule has 0 bridgehead atoms. The SMILES string of the molecule is CC(C)CS(=O)(=O)C1CCN(C(=O)CCCN2C(=O)c3ccccc3C2=O)CC1. The Morgan fingerprint density at radius 3 is 2.14 bits per heavy atom. The fourth-order valence-electron chi connectivity index (χ4n) is 4.05. The number of carbonyl (C=O) groups is 3. The number of fused-ring (bicyclic) bond motifs is 1. The Morgan fingerprint density at radius 1 is 1.07 bits per heavy atom. The number of amides is 3. The quantitative estimate of drug-likeness (QED) is 0.630. The van der Waals surface area contributed by atoms with E-state index in [2.05, 4.69) is 0 Å². The maximum atomic E-state index is 12.5. The van der Waals surface area contributed by atoms with Gasteiger partial charge in [-0.1, -0.05) is 26.0 Å². The first-order valence-electron chi connectivity index (χ1n) is 10.1. The molecule has 1 aromatic carbocycles. The molecule has 1 aromatic rings. The van der Waals surface area contributed by atoms with Crippen molar-refractivity contribution in [2.45, 2.75) is 44.8 Å². The standard InChI is InChI=1S/C21H28N2O5S/c1-15(2)14-29(27,28)16-9-12-22(13-10-16)19(24)8-5-11-23-20(25)17-6-3-4-7-18(17)21(23)26/h3-4,6-7,15-16H,5,8-14H2,1-2H3. The number of nitrogens with zero attached hydrogens (tertiary/aromatic N) is 2. The van der Waals surface area contributed by atoms with Crippen molar-refractivity contribution in [3.05, 3.63) is 35.4 Å². The molecule has 29 heavy (non-hydrogen) atoms. The fraction of sp³-hybridized carbons (Fsp3) is 0.571. The topological polar surface area (TPSA) is 91.8 Å². The molecular formula is C21H28N2O5S. The number of piperidine rings is 1. The van der Waals surface area contributed by atoms with E-state index >= 15 is 0 Å². The lowest BCUT2D eigenvalue weighted by Gasteiger charge is -2.32. The molecule has 3 amide bonds. The summed E-state index contributed by atoms with van der Waals surface area (Å²) < 4.78 is 24.7. The molecule has 0 atom stereocenters. The Bertz CT molecular complexity index is 866. The molecule has 0 unspecified atom stereocenters. The second kappa shape index (κ2) is 8.65. The number of imide groups is 1. The number of hydrogen-bond acceptors (Lipinski definition) is 5. The van der Waals surface area contributed by atoms with Crippen LogP contribution in [0.2, 0.25) is 0 Å². The molecule has 0 spiro atoms. The molecule has 1 fully saturated rings. The van der Waals surface area contributed by atoms with Crippen molar-refractivity contribution in [3.63, 3.8) is 0 Å². The first-order chi connectivity index (χ1) is 13.7. The maximum absolute atomic E-state index is 12.5. The van der Waals surface area contributed by atoms with E-state index in [1.54, 1.807) is 29.2 Å². The second-order valence-corrected chi connectivity index (χ2v) is 10.5. The van der Waals surface area contributed by atoms with Gasteiger partial charge in [0, 0.05) is 26.1 Å². The van der Waals surface area contributed by atoms with Crippen LogP contribution < -0.4 is 0 Å². The molecule has 0 saturated carbocycles. The van der Waals surface area contributed by atoms with Crippen molar-refractivity contribution < 1.29 is 22.8 Å². The third kappa shape index (κ3) is 4.69. The smallest absolute Gasteiger partial charge is 0.261 e. The number of carbonyl (C=O) groups excluding carboxylic acids is 3. The summed E-state index contributed by atoms with van der Waals surface area (Å²) in [5.74, 6) is -0.391. The maximum Gasteiger partial charge on any atom is 0.261 e. The third-order valence-corrected chi connectivity index (χ3v) is 8.14. The van der Waals surface area contributed by atoms with Crippen molar-refractivity contribution in [2.75, 3.05) is 25.4 Å². The van der Waals surface area contributed by atoms with Gasteiger partial charge < -0.3 is 4.90 Å². The summed E-state index contributed by atoms with van der Waals surface area (Å²) in [6.45, 7) is 4.87. The minimum absolute atomic E-state index is 0.0543. The molecule has 7 nitrogen and oxygen atoms in total. The molecule has 2 aliphatic rings. The number of benzene rings is 1. The second-order valence-electron chi connectivity index (χ2n) is 8.21. The zero-order valence-corrected chi connectivity index (χ0v) is 17.8. The van der Waals surface area contributed by atoms with Crippen LogP contribution in [0, 0.1) is 5.92 Å². The van der Waals surface area contributed by atoms with Gasteiger partial charge in [0.2, 0.25) is 5.91 Å². The van der Waals surface area contributed by atoms with E-state index in [-0.39, 0.29) is 47.6 Å². The zero-order chi connectivity index (χ0) is 21.2. The van der Waals surface area contributed by atoms with Crippen LogP contribution in [0.3, 0.4) is 0 Å². The summed E-state index contributed by atoms with van der Waals surface area (Å²) in [5.41, 5.74) is 0.821. The van der Waals surface area contributed by atoms with Gasteiger partial charge in [-0.3, -0.25) is 19.3 Å². The Hall–Kier alpha value is -2.22. The van der Waals surface area contributed by atoms with Gasteiger partial charge >= 0.3 is 0 Å². The van der Waals surface area contributed by atoms with E-state index in [1.165, 1.54) is 4.90 Å². The van der Waals surface area contributed by atoms with Gasteiger partial charge in [-0.2, -0.15) is 0 Å². The van der Waals surface area contributed by atoms with Crippen LogP contribution in [0.5, 0.6) is 0 Å². The first kappa shape index (κ1) is 21.5. The van der Waals surface area contributed by atoms with Gasteiger partial charge in [0.05, 0.1) is 22.1 Å². The van der Waals surface area contributed by atoms with E-state index in [1.807, 2.05) is 13.8 Å². The molecule has 1 saturated heterocycles. The molecule has 2 aliphatic heterocycles. The van der Waals surface area contributed by atoms with Gasteiger partial charge in [-0.25, -0.2) is 8.42 Å². The Kier molecular flexibility index (Phi) is 6.41. The van der Waals surface area contributed by atoms with E-state index < -0.39 is 9.84 Å². The Morgan fingerprint density at radius 2 is 1.62 bits per heavy atom. The number of rotatable bonds is 7. The van der Waals surface area contributed by atoms with E-state index in [4.69, 9.17) is 0 Å². The van der Waals surface area contributed by atoms with Crippen LogP contribution in [-0.4, -0.2) is 66.6 Å². The summed E-state index contributed by atoms with van der Waals surface area (Å²) in [7, 11) is -3.12. The molecule has 0 aliphatic carbocycles. The lowest BCUT2D eigenvalue weighted by molar-refractivity contribution is -0.132. The number of sulfone groups is 1. The predicted molar refractivity (Wildman–Crippen MR) is 109 cm³/mol.